The van der Waals surface area contributed by atoms with Crippen LogP contribution in [0.5, 0.6) is 0 Å². The van der Waals surface area contributed by atoms with Crippen LogP contribution in [0.4, 0.5) is 0 Å². The van der Waals surface area contributed by atoms with Crippen LogP contribution < -0.4 is 5.73 Å². The van der Waals surface area contributed by atoms with E-state index in [4.69, 9.17) is 5.73 Å². The van der Waals surface area contributed by atoms with Gasteiger partial charge in [0, 0.05) is 12.4 Å². The van der Waals surface area contributed by atoms with E-state index in [9.17, 15) is 8.42 Å². The van der Waals surface area contributed by atoms with Gasteiger partial charge < -0.3 is 5.73 Å². The minimum absolute atomic E-state index is 0.0814. The van der Waals surface area contributed by atoms with Crippen molar-refractivity contribution in [1.82, 2.24) is 8.96 Å². The number of nitrogens with two attached hydrogens (primary N) is 1. The topological polar surface area (TPSA) is 78.0 Å². The maximum absolute atomic E-state index is 12.3. The van der Waals surface area contributed by atoms with E-state index in [0.717, 1.165) is 9.54 Å². The molecule has 0 bridgehead atoms. The minimum atomic E-state index is -3.58. The highest BCUT2D eigenvalue weighted by Gasteiger charge is 2.18. The summed E-state index contributed by atoms with van der Waals surface area (Å²) in [5.74, 6) is 0.325. The molecule has 2 N–H and O–H groups in total. The summed E-state index contributed by atoms with van der Waals surface area (Å²) < 4.78 is 25.6. The summed E-state index contributed by atoms with van der Waals surface area (Å²) in [6.45, 7) is 1.98. The van der Waals surface area contributed by atoms with Gasteiger partial charge in [0.15, 0.2) is 0 Å². The molecule has 1 aromatic carbocycles. The van der Waals surface area contributed by atoms with Crippen LogP contribution in [0.2, 0.25) is 0 Å². The van der Waals surface area contributed by atoms with Gasteiger partial charge in [0.2, 0.25) is 0 Å². The molecule has 0 aliphatic rings. The molecule has 0 radical (unpaired) electrons. The van der Waals surface area contributed by atoms with Crippen molar-refractivity contribution in [2.24, 2.45) is 5.73 Å². The van der Waals surface area contributed by atoms with Crippen molar-refractivity contribution in [3.63, 3.8) is 0 Å². The lowest BCUT2D eigenvalue weighted by atomic mass is 10.2. The molecule has 0 saturated heterocycles. The molecule has 0 saturated carbocycles. The normalized spacial score (nSPS) is 11.6. The minimum Gasteiger partial charge on any atom is -0.324 e. The standard InChI is InChI=1S/C11H13N3O2S/c1-9-2-4-10(5-3-9)17(15,16)14-7-6-13-11(14)8-12/h2-7H,8,12H2,1H3. The summed E-state index contributed by atoms with van der Waals surface area (Å²) >= 11 is 0. The van der Waals surface area contributed by atoms with Crippen LogP contribution >= 0.6 is 0 Å². The molecule has 6 heteroatoms. The first kappa shape index (κ1) is 11.8. The Hall–Kier alpha value is -1.66. The van der Waals surface area contributed by atoms with E-state index in [1.807, 2.05) is 6.92 Å². The number of aryl methyl sites for hydroxylation is 1. The van der Waals surface area contributed by atoms with E-state index in [1.54, 1.807) is 24.3 Å². The maximum Gasteiger partial charge on any atom is 0.269 e. The van der Waals surface area contributed by atoms with Gasteiger partial charge in [0.05, 0.1) is 11.4 Å². The van der Waals surface area contributed by atoms with Crippen molar-refractivity contribution >= 4 is 10.0 Å². The Morgan fingerprint density at radius 3 is 2.53 bits per heavy atom. The number of aromatic nitrogens is 2. The highest BCUT2D eigenvalue weighted by atomic mass is 32.2. The predicted octanol–water partition coefficient (Wildman–Crippen LogP) is 0.887. The van der Waals surface area contributed by atoms with Gasteiger partial charge in [-0.25, -0.2) is 17.4 Å². The van der Waals surface area contributed by atoms with E-state index in [0.29, 0.717) is 5.82 Å². The average molecular weight is 251 g/mol. The molecule has 0 aliphatic heterocycles. The predicted molar refractivity (Wildman–Crippen MR) is 63.9 cm³/mol. The first-order valence-corrected chi connectivity index (χ1v) is 6.54. The summed E-state index contributed by atoms with van der Waals surface area (Å²) in [6.07, 6.45) is 2.82. The number of benzene rings is 1. The second-order valence-corrected chi connectivity index (χ2v) is 5.48. The smallest absolute Gasteiger partial charge is 0.269 e. The van der Waals surface area contributed by atoms with E-state index in [1.165, 1.54) is 12.4 Å². The molecular weight excluding hydrogens is 238 g/mol. The molecule has 0 aliphatic carbocycles. The average Bonchev–Trinajstić information content (AvgIpc) is 2.78. The molecule has 1 aromatic heterocycles. The summed E-state index contributed by atoms with van der Waals surface area (Å²) in [4.78, 5) is 4.14. The number of hydrogen-bond acceptors (Lipinski definition) is 4. The molecule has 0 atom stereocenters. The van der Waals surface area contributed by atoms with Crippen LogP contribution in [0.15, 0.2) is 41.6 Å². The number of hydrogen-bond donors (Lipinski definition) is 1. The largest absolute Gasteiger partial charge is 0.324 e. The number of imidazole rings is 1. The van der Waals surface area contributed by atoms with Crippen molar-refractivity contribution in [2.45, 2.75) is 18.4 Å². The van der Waals surface area contributed by atoms with Crippen molar-refractivity contribution < 1.29 is 8.42 Å². The van der Waals surface area contributed by atoms with Crippen LogP contribution in [-0.4, -0.2) is 17.4 Å². The molecule has 0 amide bonds. The van der Waals surface area contributed by atoms with E-state index in [2.05, 4.69) is 4.98 Å². The lowest BCUT2D eigenvalue weighted by Crippen LogP contribution is -2.17. The van der Waals surface area contributed by atoms with Gasteiger partial charge in [-0.05, 0) is 19.1 Å². The zero-order valence-electron chi connectivity index (χ0n) is 9.37. The van der Waals surface area contributed by atoms with Gasteiger partial charge in [-0.1, -0.05) is 17.7 Å². The van der Waals surface area contributed by atoms with Crippen LogP contribution in [0.25, 0.3) is 0 Å². The van der Waals surface area contributed by atoms with Crippen LogP contribution in [0.1, 0.15) is 11.4 Å². The molecule has 0 fully saturated rings. The van der Waals surface area contributed by atoms with Crippen molar-refractivity contribution in [3.05, 3.63) is 48.0 Å². The van der Waals surface area contributed by atoms with E-state index >= 15 is 0 Å². The van der Waals surface area contributed by atoms with Crippen LogP contribution in [0.3, 0.4) is 0 Å². The van der Waals surface area contributed by atoms with Crippen molar-refractivity contribution in [2.75, 3.05) is 0 Å². The molecule has 17 heavy (non-hydrogen) atoms. The molecule has 90 valence electrons. The lowest BCUT2D eigenvalue weighted by Gasteiger charge is -2.08. The number of nitrogens with zero attached hydrogens (tertiary/aromatic N) is 2. The zero-order chi connectivity index (χ0) is 12.5. The fourth-order valence-corrected chi connectivity index (χ4v) is 2.83. The Bertz CT molecular complexity index is 614. The van der Waals surface area contributed by atoms with Crippen LogP contribution in [0, 0.1) is 6.92 Å². The summed E-state index contributed by atoms with van der Waals surface area (Å²) in [5.41, 5.74) is 6.45. The second-order valence-electron chi connectivity index (χ2n) is 3.66. The first-order chi connectivity index (χ1) is 8.05. The third-order valence-corrected chi connectivity index (χ3v) is 4.16. The Morgan fingerprint density at radius 1 is 1.29 bits per heavy atom. The van der Waals surface area contributed by atoms with Gasteiger partial charge in [-0.15, -0.1) is 0 Å². The van der Waals surface area contributed by atoms with Gasteiger partial charge in [0.25, 0.3) is 10.0 Å². The van der Waals surface area contributed by atoms with E-state index in [-0.39, 0.29) is 11.4 Å². The molecule has 1 heterocycles. The molecule has 2 rings (SSSR count). The van der Waals surface area contributed by atoms with Gasteiger partial charge in [-0.2, -0.15) is 0 Å². The Balaban J connectivity index is 2.54. The summed E-state index contributed by atoms with van der Waals surface area (Å²) in [5, 5.41) is 0. The van der Waals surface area contributed by atoms with Crippen molar-refractivity contribution in [3.8, 4) is 0 Å². The van der Waals surface area contributed by atoms with E-state index < -0.39 is 10.0 Å². The Labute approximate surface area is 100.0 Å². The fraction of sp³-hybridized carbons (Fsp3) is 0.182. The Kier molecular flexibility index (Phi) is 2.99. The summed E-state index contributed by atoms with van der Waals surface area (Å²) in [6, 6.07) is 6.66. The van der Waals surface area contributed by atoms with Gasteiger partial charge >= 0.3 is 0 Å². The zero-order valence-corrected chi connectivity index (χ0v) is 10.2. The molecule has 2 aromatic rings. The highest BCUT2D eigenvalue weighted by molar-refractivity contribution is 7.90. The quantitative estimate of drug-likeness (QED) is 0.878. The number of rotatable bonds is 3. The Morgan fingerprint density at radius 2 is 1.94 bits per heavy atom. The summed E-state index contributed by atoms with van der Waals surface area (Å²) in [7, 11) is -3.58. The third kappa shape index (κ3) is 2.09. The molecular formula is C11H13N3O2S. The second kappa shape index (κ2) is 4.31. The SMILES string of the molecule is Cc1ccc(S(=O)(=O)n2ccnc2CN)cc1. The monoisotopic (exact) mass is 251 g/mol. The molecule has 0 unspecified atom stereocenters. The van der Waals surface area contributed by atoms with Gasteiger partial charge in [0.1, 0.15) is 5.82 Å². The lowest BCUT2D eigenvalue weighted by molar-refractivity contribution is 0.584. The van der Waals surface area contributed by atoms with Crippen LogP contribution in [-0.2, 0) is 16.6 Å². The van der Waals surface area contributed by atoms with Gasteiger partial charge in [-0.3, -0.25) is 0 Å². The molecule has 0 spiro atoms. The first-order valence-electron chi connectivity index (χ1n) is 5.10. The molecule has 5 nitrogen and oxygen atoms in total. The third-order valence-electron chi connectivity index (χ3n) is 2.44. The maximum atomic E-state index is 12.3. The fourth-order valence-electron chi connectivity index (χ4n) is 1.51. The highest BCUT2D eigenvalue weighted by Crippen LogP contribution is 2.15. The van der Waals surface area contributed by atoms with Crippen molar-refractivity contribution in [1.29, 1.82) is 0 Å².